The van der Waals surface area contributed by atoms with Gasteiger partial charge in [0.15, 0.2) is 5.82 Å². The normalized spacial score (nSPS) is 34.0. The van der Waals surface area contributed by atoms with Crippen LogP contribution in [0, 0.1) is 22.0 Å². The summed E-state index contributed by atoms with van der Waals surface area (Å²) < 4.78 is 5.46. The van der Waals surface area contributed by atoms with E-state index in [1.54, 1.807) is 0 Å². The number of halogens is 1. The van der Waals surface area contributed by atoms with E-state index in [2.05, 4.69) is 13.8 Å². The van der Waals surface area contributed by atoms with Crippen molar-refractivity contribution in [3.63, 3.8) is 0 Å². The van der Waals surface area contributed by atoms with Crippen LogP contribution in [-0.4, -0.2) is 54.1 Å². The fourth-order valence-electron chi connectivity index (χ4n) is 2.82. The Labute approximate surface area is 118 Å². The molecule has 6 nitrogen and oxygen atoms in total. The van der Waals surface area contributed by atoms with Gasteiger partial charge in [-0.1, -0.05) is 6.92 Å². The molecule has 0 aromatic rings. The predicted molar refractivity (Wildman–Crippen MR) is 72.1 cm³/mol. The lowest BCUT2D eigenvalue weighted by Crippen LogP contribution is -2.35. The molecule has 0 aliphatic carbocycles. The van der Waals surface area contributed by atoms with Gasteiger partial charge in [0.2, 0.25) is 0 Å². The summed E-state index contributed by atoms with van der Waals surface area (Å²) in [7, 11) is 1.84. The molecule has 2 saturated heterocycles. The van der Waals surface area contributed by atoms with Crippen LogP contribution in [0.3, 0.4) is 0 Å². The second-order valence-electron chi connectivity index (χ2n) is 5.53. The van der Waals surface area contributed by atoms with Crippen molar-refractivity contribution in [2.75, 3.05) is 33.4 Å². The summed E-state index contributed by atoms with van der Waals surface area (Å²) in [5.74, 6) is 1.41. The van der Waals surface area contributed by atoms with Crippen molar-refractivity contribution in [3.05, 3.63) is 21.1 Å². The Balaban J connectivity index is 2.20. The van der Waals surface area contributed by atoms with E-state index in [1.165, 1.54) is 0 Å². The van der Waals surface area contributed by atoms with E-state index in [4.69, 9.17) is 16.3 Å². The Kier molecular flexibility index (Phi) is 4.20. The molecular weight excluding hydrogens is 270 g/mol. The van der Waals surface area contributed by atoms with Crippen LogP contribution < -0.4 is 0 Å². The number of rotatable bonds is 3. The topological polar surface area (TPSA) is 58.9 Å². The van der Waals surface area contributed by atoms with Crippen molar-refractivity contribution in [2.24, 2.45) is 11.8 Å². The van der Waals surface area contributed by atoms with E-state index < -0.39 is 4.92 Å². The maximum Gasteiger partial charge on any atom is 0.377 e. The number of nitrogens with zero attached hydrogens (tertiary/aromatic N) is 3. The Morgan fingerprint density at radius 3 is 2.74 bits per heavy atom. The van der Waals surface area contributed by atoms with Gasteiger partial charge in [0.05, 0.1) is 11.5 Å². The Bertz CT molecular complexity index is 402. The first-order valence-electron chi connectivity index (χ1n) is 6.51. The summed E-state index contributed by atoms with van der Waals surface area (Å²) in [5, 5.41) is 10.6. The highest BCUT2D eigenvalue weighted by Gasteiger charge is 2.38. The highest BCUT2D eigenvalue weighted by molar-refractivity contribution is 6.28. The summed E-state index contributed by atoms with van der Waals surface area (Å²) in [6.45, 7) is 7.21. The van der Waals surface area contributed by atoms with Crippen LogP contribution in [0.1, 0.15) is 13.8 Å². The zero-order valence-electron chi connectivity index (χ0n) is 11.5. The van der Waals surface area contributed by atoms with Gasteiger partial charge in [0.1, 0.15) is 0 Å². The minimum absolute atomic E-state index is 0.224. The van der Waals surface area contributed by atoms with E-state index in [0.717, 1.165) is 26.3 Å². The van der Waals surface area contributed by atoms with E-state index in [0.29, 0.717) is 17.7 Å². The van der Waals surface area contributed by atoms with Crippen LogP contribution in [0.25, 0.3) is 0 Å². The fraction of sp³-hybridized carbons (Fsp3) is 0.833. The molecule has 0 aromatic carbocycles. The van der Waals surface area contributed by atoms with Gasteiger partial charge in [-0.15, -0.1) is 0 Å². The van der Waals surface area contributed by atoms with Crippen LogP contribution in [0.15, 0.2) is 11.0 Å². The van der Waals surface area contributed by atoms with Gasteiger partial charge in [-0.2, -0.15) is 0 Å². The van der Waals surface area contributed by atoms with Crippen molar-refractivity contribution in [1.29, 1.82) is 0 Å². The first-order chi connectivity index (χ1) is 8.91. The molecule has 0 aromatic heterocycles. The summed E-state index contributed by atoms with van der Waals surface area (Å²) in [6, 6.07) is 0.224. The second-order valence-corrected chi connectivity index (χ2v) is 5.89. The monoisotopic (exact) mass is 289 g/mol. The van der Waals surface area contributed by atoms with Crippen LogP contribution in [-0.2, 0) is 4.74 Å². The van der Waals surface area contributed by atoms with Crippen LogP contribution in [0.4, 0.5) is 0 Å². The maximum absolute atomic E-state index is 10.9. The van der Waals surface area contributed by atoms with E-state index in [-0.39, 0.29) is 11.2 Å². The Hall–Kier alpha value is -1.01. The van der Waals surface area contributed by atoms with Crippen LogP contribution in [0.5, 0.6) is 0 Å². The predicted octanol–water partition coefficient (Wildman–Crippen LogP) is 1.55. The third-order valence-electron chi connectivity index (χ3n) is 4.00. The molecular formula is C12H20ClN3O3. The largest absolute Gasteiger partial charge is 0.381 e. The lowest BCUT2D eigenvalue weighted by molar-refractivity contribution is -0.415. The second kappa shape index (κ2) is 5.54. The van der Waals surface area contributed by atoms with Gasteiger partial charge < -0.3 is 14.5 Å². The summed E-state index contributed by atoms with van der Waals surface area (Å²) in [6.07, 6.45) is 0. The van der Waals surface area contributed by atoms with E-state index in [9.17, 15) is 10.1 Å². The minimum Gasteiger partial charge on any atom is -0.381 e. The summed E-state index contributed by atoms with van der Waals surface area (Å²) in [5.41, 5.74) is 0. The number of ether oxygens (including phenoxy) is 1. The molecule has 2 aliphatic heterocycles. The molecule has 0 bridgehead atoms. The molecule has 19 heavy (non-hydrogen) atoms. The molecule has 2 aliphatic rings. The minimum atomic E-state index is -0.521. The summed E-state index contributed by atoms with van der Waals surface area (Å²) in [4.78, 5) is 14.3. The Morgan fingerprint density at radius 2 is 2.21 bits per heavy atom. The zero-order chi connectivity index (χ0) is 14.2. The third kappa shape index (κ3) is 2.79. The summed E-state index contributed by atoms with van der Waals surface area (Å²) >= 11 is 5.86. The smallest absolute Gasteiger partial charge is 0.377 e. The van der Waals surface area contributed by atoms with Crippen molar-refractivity contribution >= 4 is 11.6 Å². The zero-order valence-corrected chi connectivity index (χ0v) is 12.3. The SMILES string of the molecule is CC1COCC1CN1C(=C(Cl)[N+](=O)[O-])N(C)CC1C. The van der Waals surface area contributed by atoms with Crippen molar-refractivity contribution in [1.82, 2.24) is 9.80 Å². The van der Waals surface area contributed by atoms with Gasteiger partial charge in [-0.3, -0.25) is 10.1 Å². The molecule has 108 valence electrons. The molecule has 3 unspecified atom stereocenters. The number of hydrogen-bond donors (Lipinski definition) is 0. The quantitative estimate of drug-likeness (QED) is 0.448. The van der Waals surface area contributed by atoms with Gasteiger partial charge in [-0.05, 0) is 24.4 Å². The first kappa shape index (κ1) is 14.4. The van der Waals surface area contributed by atoms with Gasteiger partial charge >= 0.3 is 5.16 Å². The molecule has 0 radical (unpaired) electrons. The first-order valence-corrected chi connectivity index (χ1v) is 6.89. The standard InChI is InChI=1S/C12H20ClN3O3/c1-8-6-19-7-10(8)5-15-9(2)4-14(3)12(15)11(13)16(17)18/h8-10H,4-7H2,1-3H3. The fourth-order valence-corrected chi connectivity index (χ4v) is 3.08. The van der Waals surface area contributed by atoms with Gasteiger partial charge in [-0.25, -0.2) is 0 Å². The highest BCUT2D eigenvalue weighted by Crippen LogP contribution is 2.31. The van der Waals surface area contributed by atoms with Crippen molar-refractivity contribution in [2.45, 2.75) is 19.9 Å². The third-order valence-corrected chi connectivity index (χ3v) is 4.30. The lowest BCUT2D eigenvalue weighted by Gasteiger charge is -2.27. The number of nitro groups is 1. The van der Waals surface area contributed by atoms with Crippen molar-refractivity contribution < 1.29 is 9.66 Å². The maximum atomic E-state index is 10.9. The molecule has 7 heteroatoms. The molecule has 2 rings (SSSR count). The van der Waals surface area contributed by atoms with Crippen LogP contribution >= 0.6 is 11.6 Å². The van der Waals surface area contributed by atoms with Crippen molar-refractivity contribution in [3.8, 4) is 0 Å². The molecule has 0 amide bonds. The molecule has 0 spiro atoms. The molecule has 0 saturated carbocycles. The molecule has 0 N–H and O–H groups in total. The van der Waals surface area contributed by atoms with Crippen LogP contribution in [0.2, 0.25) is 0 Å². The highest BCUT2D eigenvalue weighted by atomic mass is 35.5. The van der Waals surface area contributed by atoms with E-state index >= 15 is 0 Å². The Morgan fingerprint density at radius 1 is 1.53 bits per heavy atom. The molecule has 3 atom stereocenters. The number of likely N-dealkylation sites (N-methyl/N-ethyl adjacent to an activating group) is 1. The average Bonchev–Trinajstić information content (AvgIpc) is 2.84. The lowest BCUT2D eigenvalue weighted by atomic mass is 9.97. The van der Waals surface area contributed by atoms with Gasteiger partial charge in [0.25, 0.3) is 0 Å². The number of hydrogen-bond acceptors (Lipinski definition) is 5. The van der Waals surface area contributed by atoms with E-state index in [1.807, 2.05) is 16.8 Å². The molecule has 2 fully saturated rings. The average molecular weight is 290 g/mol. The van der Waals surface area contributed by atoms with Gasteiger partial charge in [0, 0.05) is 38.7 Å². The molecule has 2 heterocycles.